The summed E-state index contributed by atoms with van der Waals surface area (Å²) in [4.78, 5) is -2.26. The Labute approximate surface area is 88.2 Å². The first-order chi connectivity index (χ1) is 6.68. The topological polar surface area (TPSA) is 54.4 Å². The van der Waals surface area contributed by atoms with E-state index < -0.39 is 44.1 Å². The minimum absolute atomic E-state index is 0. The summed E-state index contributed by atoms with van der Waals surface area (Å²) >= 11 is 0. The monoisotopic (exact) mass is 262 g/mol. The van der Waals surface area contributed by atoms with Gasteiger partial charge in [0.25, 0.3) is 0 Å². The Morgan fingerprint density at radius 2 is 1.00 bits per heavy atom. The number of rotatable bonds is 1. The van der Waals surface area contributed by atoms with Gasteiger partial charge < -0.3 is 0 Å². The molecule has 16 heavy (non-hydrogen) atoms. The molecule has 0 bridgehead atoms. The van der Waals surface area contributed by atoms with Gasteiger partial charge in [-0.3, -0.25) is 4.55 Å². The highest BCUT2D eigenvalue weighted by molar-refractivity contribution is 7.85. The number of halogens is 5. The largest absolute Gasteiger partial charge is 0.300 e. The van der Waals surface area contributed by atoms with E-state index >= 15 is 0 Å². The van der Waals surface area contributed by atoms with E-state index in [4.69, 9.17) is 4.55 Å². The summed E-state index contributed by atoms with van der Waals surface area (Å²) in [7, 11) is -5.52. The van der Waals surface area contributed by atoms with E-state index in [1.807, 2.05) is 0 Å². The van der Waals surface area contributed by atoms with Crippen molar-refractivity contribution in [1.29, 1.82) is 0 Å². The van der Waals surface area contributed by atoms with Gasteiger partial charge in [0.2, 0.25) is 5.82 Å². The van der Waals surface area contributed by atoms with Crippen molar-refractivity contribution in [3.63, 3.8) is 0 Å². The van der Waals surface area contributed by atoms with Gasteiger partial charge in [-0.25, -0.2) is 22.0 Å². The molecular formula is C6H4BF5O3S. The van der Waals surface area contributed by atoms with Crippen molar-refractivity contribution < 1.29 is 34.9 Å². The van der Waals surface area contributed by atoms with Gasteiger partial charge in [-0.2, -0.15) is 8.42 Å². The molecule has 90 valence electrons. The molecule has 0 aliphatic heterocycles. The van der Waals surface area contributed by atoms with Crippen molar-refractivity contribution in [1.82, 2.24) is 0 Å². The molecule has 10 heteroatoms. The highest BCUT2D eigenvalue weighted by Gasteiger charge is 2.32. The molecule has 1 rings (SSSR count). The van der Waals surface area contributed by atoms with Crippen LogP contribution in [0.4, 0.5) is 22.0 Å². The predicted molar refractivity (Wildman–Crippen MR) is 46.0 cm³/mol. The number of benzene rings is 1. The lowest BCUT2D eigenvalue weighted by molar-refractivity contribution is 0.352. The van der Waals surface area contributed by atoms with Crippen LogP contribution in [-0.2, 0) is 10.1 Å². The van der Waals surface area contributed by atoms with Crippen LogP contribution >= 0.6 is 0 Å². The summed E-state index contributed by atoms with van der Waals surface area (Å²) in [6, 6.07) is 0. The van der Waals surface area contributed by atoms with Gasteiger partial charge in [0, 0.05) is 0 Å². The van der Waals surface area contributed by atoms with Crippen molar-refractivity contribution in [2.45, 2.75) is 4.90 Å². The smallest absolute Gasteiger partial charge is 0.282 e. The maximum Gasteiger partial charge on any atom is 0.300 e. The van der Waals surface area contributed by atoms with E-state index in [-0.39, 0.29) is 8.41 Å². The van der Waals surface area contributed by atoms with Crippen molar-refractivity contribution >= 4 is 18.5 Å². The Hall–Kier alpha value is -1.16. The van der Waals surface area contributed by atoms with Crippen LogP contribution in [0.15, 0.2) is 4.90 Å². The van der Waals surface area contributed by atoms with Gasteiger partial charge in [0.05, 0.1) is 8.41 Å². The van der Waals surface area contributed by atoms with Gasteiger partial charge in [0.1, 0.15) is 0 Å². The van der Waals surface area contributed by atoms with E-state index in [2.05, 4.69) is 0 Å². The first-order valence-corrected chi connectivity index (χ1v) is 4.61. The van der Waals surface area contributed by atoms with Crippen LogP contribution in [0.25, 0.3) is 0 Å². The molecule has 0 fully saturated rings. The average molecular weight is 262 g/mol. The van der Waals surface area contributed by atoms with Crippen LogP contribution in [-0.4, -0.2) is 21.4 Å². The Morgan fingerprint density at radius 1 is 0.750 bits per heavy atom. The van der Waals surface area contributed by atoms with Gasteiger partial charge >= 0.3 is 10.1 Å². The first-order valence-electron chi connectivity index (χ1n) is 3.16. The van der Waals surface area contributed by atoms with Crippen LogP contribution in [0, 0.1) is 29.1 Å². The molecule has 0 aliphatic carbocycles. The molecular weight excluding hydrogens is 258 g/mol. The fourth-order valence-corrected chi connectivity index (χ4v) is 1.44. The standard InChI is InChI=1S/C6HF5O3S.BH3/c7-1-2(8)4(10)6(15(12,13)14)5(11)3(1)9;/h(H,12,13,14);1H3. The SMILES string of the molecule is B.O=S(=O)(O)c1c(F)c(F)c(F)c(F)c1F. The van der Waals surface area contributed by atoms with Crippen LogP contribution in [0.1, 0.15) is 0 Å². The molecule has 0 radical (unpaired) electrons. The third-order valence-corrected chi connectivity index (χ3v) is 2.30. The van der Waals surface area contributed by atoms with Gasteiger partial charge in [0.15, 0.2) is 28.2 Å². The lowest BCUT2D eigenvalue weighted by atomic mass is 10.3. The molecule has 0 aromatic heterocycles. The summed E-state index contributed by atoms with van der Waals surface area (Å²) in [5.41, 5.74) is 0. The molecule has 0 saturated carbocycles. The van der Waals surface area contributed by atoms with Crippen LogP contribution in [0.5, 0.6) is 0 Å². The van der Waals surface area contributed by atoms with Gasteiger partial charge in [-0.1, -0.05) is 0 Å². The van der Waals surface area contributed by atoms with Crippen LogP contribution < -0.4 is 0 Å². The molecule has 0 amide bonds. The second-order valence-corrected chi connectivity index (χ2v) is 3.73. The van der Waals surface area contributed by atoms with Crippen molar-refractivity contribution in [2.24, 2.45) is 0 Å². The highest BCUT2D eigenvalue weighted by atomic mass is 32.2. The summed E-state index contributed by atoms with van der Waals surface area (Å²) in [5.74, 6) is -12.6. The maximum absolute atomic E-state index is 12.6. The minimum atomic E-state index is -5.52. The maximum atomic E-state index is 12.6. The van der Waals surface area contributed by atoms with E-state index in [0.29, 0.717) is 0 Å². The summed E-state index contributed by atoms with van der Waals surface area (Å²) in [5, 5.41) is 0. The molecule has 0 aliphatic rings. The lowest BCUT2D eigenvalue weighted by Crippen LogP contribution is -2.11. The van der Waals surface area contributed by atoms with Crippen molar-refractivity contribution in [3.8, 4) is 0 Å². The summed E-state index contributed by atoms with van der Waals surface area (Å²) in [6.45, 7) is 0. The van der Waals surface area contributed by atoms with Crippen molar-refractivity contribution in [2.75, 3.05) is 0 Å². The van der Waals surface area contributed by atoms with Gasteiger partial charge in [-0.15, -0.1) is 0 Å². The zero-order valence-electron chi connectivity index (χ0n) is 6.56. The third kappa shape index (κ3) is 2.17. The third-order valence-electron chi connectivity index (χ3n) is 1.43. The zero-order chi connectivity index (χ0) is 12.0. The second-order valence-electron chi connectivity index (χ2n) is 2.37. The Bertz CT molecular complexity index is 500. The average Bonchev–Trinajstić information content (AvgIpc) is 2.09. The lowest BCUT2D eigenvalue weighted by Gasteiger charge is -2.04. The molecule has 0 spiro atoms. The molecule has 1 aromatic rings. The summed E-state index contributed by atoms with van der Waals surface area (Å²) in [6.07, 6.45) is 0. The normalized spacial score (nSPS) is 11.1. The molecule has 0 saturated heterocycles. The van der Waals surface area contributed by atoms with Gasteiger partial charge in [-0.05, 0) is 0 Å². The molecule has 3 nitrogen and oxygen atoms in total. The fourth-order valence-electron chi connectivity index (χ4n) is 0.811. The van der Waals surface area contributed by atoms with Crippen LogP contribution in [0.3, 0.4) is 0 Å². The van der Waals surface area contributed by atoms with Crippen LogP contribution in [0.2, 0.25) is 0 Å². The van der Waals surface area contributed by atoms with E-state index in [1.54, 1.807) is 0 Å². The molecule has 0 heterocycles. The second kappa shape index (κ2) is 4.38. The minimum Gasteiger partial charge on any atom is -0.282 e. The zero-order valence-corrected chi connectivity index (χ0v) is 7.38. The first kappa shape index (κ1) is 14.8. The number of hydrogen-bond donors (Lipinski definition) is 1. The Balaban J connectivity index is 0.00000225. The number of hydrogen-bond acceptors (Lipinski definition) is 2. The van der Waals surface area contributed by atoms with Crippen molar-refractivity contribution in [3.05, 3.63) is 29.1 Å². The Morgan fingerprint density at radius 3 is 1.25 bits per heavy atom. The quantitative estimate of drug-likeness (QED) is 0.263. The molecule has 0 unspecified atom stereocenters. The van der Waals surface area contributed by atoms with E-state index in [9.17, 15) is 30.4 Å². The summed E-state index contributed by atoms with van der Waals surface area (Å²) < 4.78 is 91.3. The molecule has 1 aromatic carbocycles. The molecule has 1 N–H and O–H groups in total. The predicted octanol–water partition coefficient (Wildman–Crippen LogP) is 0.445. The molecule has 0 atom stereocenters. The fraction of sp³-hybridized carbons (Fsp3) is 0. The Kier molecular flexibility index (Phi) is 4.06. The van der Waals surface area contributed by atoms with E-state index in [0.717, 1.165) is 0 Å². The van der Waals surface area contributed by atoms with E-state index in [1.165, 1.54) is 0 Å². The highest BCUT2D eigenvalue weighted by Crippen LogP contribution is 2.26.